The number of guanidine groups is 1. The van der Waals surface area contributed by atoms with Gasteiger partial charge in [0.15, 0.2) is 0 Å². The maximum Gasteiger partial charge on any atom is 0.218 e. The van der Waals surface area contributed by atoms with Crippen molar-refractivity contribution >= 4 is 17.4 Å². The van der Waals surface area contributed by atoms with Crippen molar-refractivity contribution in [1.29, 1.82) is 0 Å². The van der Waals surface area contributed by atoms with Crippen LogP contribution in [-0.4, -0.2) is 41.8 Å². The molecule has 29 heavy (non-hydrogen) atoms. The zero-order valence-electron chi connectivity index (χ0n) is 17.4. The van der Waals surface area contributed by atoms with Crippen LogP contribution in [0, 0.1) is 11.8 Å². The Labute approximate surface area is 172 Å². The molecule has 1 aromatic rings. The highest BCUT2D eigenvalue weighted by Gasteiger charge is 2.40. The molecular formula is C23H30N4O2. The van der Waals surface area contributed by atoms with Gasteiger partial charge in [0.2, 0.25) is 5.96 Å². The fraction of sp³-hybridized carbons (Fsp3) is 0.435. The van der Waals surface area contributed by atoms with Crippen LogP contribution in [0.15, 0.2) is 69.3 Å². The van der Waals surface area contributed by atoms with Crippen LogP contribution in [-0.2, 0) is 0 Å². The predicted molar refractivity (Wildman–Crippen MR) is 118 cm³/mol. The number of aliphatic imine (C=N–C) groups is 2. The molecule has 1 aromatic carbocycles. The van der Waals surface area contributed by atoms with Gasteiger partial charge in [0.05, 0.1) is 18.2 Å². The number of fused-ring (bicyclic) bond motifs is 1. The van der Waals surface area contributed by atoms with E-state index >= 15 is 0 Å². The Hall–Kier alpha value is -2.89. The summed E-state index contributed by atoms with van der Waals surface area (Å²) >= 11 is 0. The van der Waals surface area contributed by atoms with Crippen LogP contribution < -0.4 is 10.1 Å². The van der Waals surface area contributed by atoms with E-state index in [0.29, 0.717) is 25.0 Å². The van der Waals surface area contributed by atoms with Crippen molar-refractivity contribution in [3.63, 3.8) is 0 Å². The van der Waals surface area contributed by atoms with Crippen LogP contribution in [0.5, 0.6) is 5.75 Å². The Balaban J connectivity index is 1.69. The fourth-order valence-electron chi connectivity index (χ4n) is 4.18. The third-order valence-corrected chi connectivity index (χ3v) is 5.46. The molecule has 1 heterocycles. The number of nitrogens with zero attached hydrogens (tertiary/aromatic N) is 3. The molecule has 0 amide bonds. The smallest absolute Gasteiger partial charge is 0.218 e. The number of ether oxygens (including phenoxy) is 1. The van der Waals surface area contributed by atoms with Gasteiger partial charge in [0.1, 0.15) is 12.4 Å². The largest absolute Gasteiger partial charge is 0.492 e. The summed E-state index contributed by atoms with van der Waals surface area (Å²) in [5, 5.41) is 16.7. The molecule has 3 rings (SSSR count). The average molecular weight is 395 g/mol. The molecule has 1 fully saturated rings. The Kier molecular flexibility index (Phi) is 7.22. The average Bonchev–Trinajstić information content (AvgIpc) is 2.74. The molecule has 2 unspecified atom stereocenters. The minimum Gasteiger partial charge on any atom is -0.492 e. The summed E-state index contributed by atoms with van der Waals surface area (Å²) in [6.45, 7) is 7.08. The van der Waals surface area contributed by atoms with Gasteiger partial charge in [-0.1, -0.05) is 41.6 Å². The molecule has 1 aliphatic heterocycles. The number of hydrogen-bond acceptors (Lipinski definition) is 4. The minimum absolute atomic E-state index is 0.0134. The zero-order chi connectivity index (χ0) is 20.6. The van der Waals surface area contributed by atoms with Crippen LogP contribution in [0.25, 0.3) is 0 Å². The van der Waals surface area contributed by atoms with E-state index < -0.39 is 0 Å². The molecule has 6 heteroatoms. The predicted octanol–water partition coefficient (Wildman–Crippen LogP) is 4.23. The van der Waals surface area contributed by atoms with Crippen molar-refractivity contribution in [2.45, 2.75) is 39.7 Å². The highest BCUT2D eigenvalue weighted by atomic mass is 16.5. The number of allylic oxidation sites excluding steroid dienone is 4. The maximum atomic E-state index is 9.62. The van der Waals surface area contributed by atoms with Gasteiger partial charge < -0.3 is 15.3 Å². The molecule has 0 bridgehead atoms. The number of para-hydroxylation sites is 1. The second-order valence-electron chi connectivity index (χ2n) is 7.37. The number of benzene rings is 1. The lowest BCUT2D eigenvalue weighted by molar-refractivity contribution is 0.302. The van der Waals surface area contributed by atoms with E-state index in [2.05, 4.69) is 45.6 Å². The minimum atomic E-state index is 0.0134. The Morgan fingerprint density at radius 2 is 2.10 bits per heavy atom. The summed E-state index contributed by atoms with van der Waals surface area (Å²) in [6, 6.07) is 9.84. The third kappa shape index (κ3) is 5.13. The lowest BCUT2D eigenvalue weighted by atomic mass is 9.71. The van der Waals surface area contributed by atoms with E-state index in [1.54, 1.807) is 0 Å². The summed E-state index contributed by atoms with van der Waals surface area (Å²) in [5.41, 5.74) is 3.00. The first-order valence-corrected chi connectivity index (χ1v) is 10.2. The second kappa shape index (κ2) is 10.0. The van der Waals surface area contributed by atoms with Gasteiger partial charge in [-0.3, -0.25) is 0 Å². The topological polar surface area (TPSA) is 78.6 Å². The molecule has 0 saturated heterocycles. The van der Waals surface area contributed by atoms with E-state index in [1.807, 2.05) is 44.2 Å². The van der Waals surface area contributed by atoms with Crippen molar-refractivity contribution in [3.05, 3.63) is 54.1 Å². The van der Waals surface area contributed by atoms with Gasteiger partial charge in [-0.2, -0.15) is 0 Å². The molecule has 1 aliphatic carbocycles. The quantitative estimate of drug-likeness (QED) is 0.328. The van der Waals surface area contributed by atoms with Crippen LogP contribution in [0.3, 0.4) is 0 Å². The Morgan fingerprint density at radius 3 is 2.79 bits per heavy atom. The SMILES string of the molecule is C/C=C\C(=C/C)C1C/C(=N\O)[C@@H]2C(C)=NC(=NCCOc3ccccc3)NC2C1. The molecule has 154 valence electrons. The van der Waals surface area contributed by atoms with Crippen molar-refractivity contribution in [3.8, 4) is 5.75 Å². The first kappa shape index (κ1) is 20.8. The molecule has 6 nitrogen and oxygen atoms in total. The summed E-state index contributed by atoms with van der Waals surface area (Å²) < 4.78 is 5.70. The maximum absolute atomic E-state index is 9.62. The normalized spacial score (nSPS) is 27.6. The van der Waals surface area contributed by atoms with E-state index in [-0.39, 0.29) is 12.0 Å². The van der Waals surface area contributed by atoms with Gasteiger partial charge in [0, 0.05) is 11.8 Å². The summed E-state index contributed by atoms with van der Waals surface area (Å²) in [4.78, 5) is 9.19. The standard InChI is InChI=1S/C23H30N4O2/c1-4-9-17(5-2)18-14-20-22(21(15-18)27-28)16(3)25-23(26-20)24-12-13-29-19-10-7-6-8-11-19/h4-11,18,20,22,28H,12-15H2,1-3H3,(H,24,26)/b9-4-,17-5+,27-21+/t18?,20?,22-/m1/s1. The lowest BCUT2D eigenvalue weighted by Crippen LogP contribution is -2.54. The van der Waals surface area contributed by atoms with Crippen LogP contribution in [0.1, 0.15) is 33.6 Å². The third-order valence-electron chi connectivity index (χ3n) is 5.46. The van der Waals surface area contributed by atoms with Crippen molar-refractivity contribution in [1.82, 2.24) is 5.32 Å². The number of rotatable bonds is 6. The van der Waals surface area contributed by atoms with Crippen LogP contribution >= 0.6 is 0 Å². The van der Waals surface area contributed by atoms with E-state index in [9.17, 15) is 5.21 Å². The van der Waals surface area contributed by atoms with Gasteiger partial charge in [-0.05, 0) is 57.2 Å². The summed E-state index contributed by atoms with van der Waals surface area (Å²) in [7, 11) is 0. The summed E-state index contributed by atoms with van der Waals surface area (Å²) in [6.07, 6.45) is 8.02. The number of hydrogen-bond donors (Lipinski definition) is 2. The second-order valence-corrected chi connectivity index (χ2v) is 7.37. The van der Waals surface area contributed by atoms with E-state index in [0.717, 1.165) is 30.0 Å². The Bertz CT molecular complexity index is 840. The molecule has 0 aromatic heterocycles. The van der Waals surface area contributed by atoms with Gasteiger partial charge in [-0.15, -0.1) is 0 Å². The van der Waals surface area contributed by atoms with Gasteiger partial charge in [0.25, 0.3) is 0 Å². The highest BCUT2D eigenvalue weighted by molar-refractivity contribution is 6.13. The molecule has 0 spiro atoms. The lowest BCUT2D eigenvalue weighted by Gasteiger charge is -2.40. The molecular weight excluding hydrogens is 364 g/mol. The van der Waals surface area contributed by atoms with Crippen LogP contribution in [0.4, 0.5) is 0 Å². The van der Waals surface area contributed by atoms with Crippen molar-refractivity contribution in [2.75, 3.05) is 13.2 Å². The number of oxime groups is 1. The van der Waals surface area contributed by atoms with E-state index in [1.165, 1.54) is 5.57 Å². The highest BCUT2D eigenvalue weighted by Crippen LogP contribution is 2.35. The number of nitrogens with one attached hydrogen (secondary N) is 1. The molecule has 2 aliphatic rings. The Morgan fingerprint density at radius 1 is 1.31 bits per heavy atom. The van der Waals surface area contributed by atoms with Crippen molar-refractivity contribution < 1.29 is 9.94 Å². The molecule has 3 atom stereocenters. The van der Waals surface area contributed by atoms with Crippen molar-refractivity contribution in [2.24, 2.45) is 27.0 Å². The fourth-order valence-corrected chi connectivity index (χ4v) is 4.18. The molecule has 2 N–H and O–H groups in total. The van der Waals surface area contributed by atoms with Gasteiger partial charge in [-0.25, -0.2) is 9.98 Å². The monoisotopic (exact) mass is 394 g/mol. The first-order chi connectivity index (χ1) is 14.2. The van der Waals surface area contributed by atoms with Gasteiger partial charge >= 0.3 is 0 Å². The first-order valence-electron chi connectivity index (χ1n) is 10.2. The summed E-state index contributed by atoms with van der Waals surface area (Å²) in [5.74, 6) is 1.79. The molecule has 0 radical (unpaired) electrons. The molecule has 1 saturated carbocycles. The zero-order valence-corrected chi connectivity index (χ0v) is 17.4. The van der Waals surface area contributed by atoms with E-state index in [4.69, 9.17) is 4.74 Å². The van der Waals surface area contributed by atoms with Crippen LogP contribution in [0.2, 0.25) is 0 Å².